The van der Waals surface area contributed by atoms with Crippen molar-refractivity contribution in [2.45, 2.75) is 39.2 Å². The summed E-state index contributed by atoms with van der Waals surface area (Å²) < 4.78 is 4.97. The molecule has 1 unspecified atom stereocenters. The van der Waals surface area contributed by atoms with Crippen LogP contribution in [-0.2, 0) is 14.3 Å². The van der Waals surface area contributed by atoms with Crippen LogP contribution in [0.25, 0.3) is 0 Å². The van der Waals surface area contributed by atoms with Gasteiger partial charge in [-0.25, -0.2) is 0 Å². The minimum atomic E-state index is -0.878. The lowest BCUT2D eigenvalue weighted by atomic mass is 10.0. The molecular formula is C11H21NO4. The number of rotatable bonds is 7. The standard InChI is InChI=1S/C11H21NO4/c1-8(6-10(14)15)5-9(13)12-11(2,3)7-16-4/h8H,5-7H2,1-4H3,(H,12,13)(H,14,15). The lowest BCUT2D eigenvalue weighted by Crippen LogP contribution is -2.47. The molecule has 2 N–H and O–H groups in total. The number of methoxy groups -OCH3 is 1. The summed E-state index contributed by atoms with van der Waals surface area (Å²) in [7, 11) is 1.57. The number of carboxylic acid groups (broad SMARTS) is 1. The first-order valence-corrected chi connectivity index (χ1v) is 5.28. The number of carbonyl (C=O) groups excluding carboxylic acids is 1. The van der Waals surface area contributed by atoms with Gasteiger partial charge in [0.25, 0.3) is 0 Å². The molecule has 0 aromatic rings. The molecule has 94 valence electrons. The first-order valence-electron chi connectivity index (χ1n) is 5.28. The van der Waals surface area contributed by atoms with Crippen molar-refractivity contribution in [3.8, 4) is 0 Å². The maximum atomic E-state index is 11.6. The normalized spacial score (nSPS) is 13.2. The van der Waals surface area contributed by atoms with Crippen LogP contribution in [0.4, 0.5) is 0 Å². The van der Waals surface area contributed by atoms with E-state index in [1.54, 1.807) is 14.0 Å². The molecule has 0 aromatic carbocycles. The smallest absolute Gasteiger partial charge is 0.303 e. The molecule has 0 aliphatic heterocycles. The molecule has 5 nitrogen and oxygen atoms in total. The molecule has 5 heteroatoms. The van der Waals surface area contributed by atoms with E-state index in [2.05, 4.69) is 5.32 Å². The van der Waals surface area contributed by atoms with Gasteiger partial charge in [0.2, 0.25) is 5.91 Å². The largest absolute Gasteiger partial charge is 0.481 e. The highest BCUT2D eigenvalue weighted by molar-refractivity contribution is 5.77. The Morgan fingerprint density at radius 2 is 1.94 bits per heavy atom. The average molecular weight is 231 g/mol. The summed E-state index contributed by atoms with van der Waals surface area (Å²) in [6, 6.07) is 0. The first kappa shape index (κ1) is 14.9. The second kappa shape index (κ2) is 6.48. The van der Waals surface area contributed by atoms with Gasteiger partial charge in [-0.3, -0.25) is 9.59 Å². The van der Waals surface area contributed by atoms with Gasteiger partial charge in [-0.05, 0) is 19.8 Å². The van der Waals surface area contributed by atoms with Crippen molar-refractivity contribution in [3.63, 3.8) is 0 Å². The van der Waals surface area contributed by atoms with Crippen LogP contribution in [0.5, 0.6) is 0 Å². The van der Waals surface area contributed by atoms with Crippen LogP contribution < -0.4 is 5.32 Å². The second-order valence-electron chi connectivity index (χ2n) is 4.77. The van der Waals surface area contributed by atoms with Gasteiger partial charge in [0.15, 0.2) is 0 Å². The molecule has 0 rings (SSSR count). The van der Waals surface area contributed by atoms with E-state index < -0.39 is 11.5 Å². The fraction of sp³-hybridized carbons (Fsp3) is 0.818. The van der Waals surface area contributed by atoms with Crippen LogP contribution >= 0.6 is 0 Å². The second-order valence-corrected chi connectivity index (χ2v) is 4.77. The van der Waals surface area contributed by atoms with Crippen LogP contribution in [0.15, 0.2) is 0 Å². The van der Waals surface area contributed by atoms with Gasteiger partial charge in [0.1, 0.15) is 0 Å². The molecule has 0 bridgehead atoms. The van der Waals surface area contributed by atoms with E-state index in [-0.39, 0.29) is 24.7 Å². The molecule has 16 heavy (non-hydrogen) atoms. The van der Waals surface area contributed by atoms with Gasteiger partial charge < -0.3 is 15.2 Å². The van der Waals surface area contributed by atoms with Crippen molar-refractivity contribution in [1.82, 2.24) is 5.32 Å². The minimum absolute atomic E-state index is 0.0120. The third-order valence-corrected chi connectivity index (χ3v) is 2.04. The molecule has 0 aromatic heterocycles. The Labute approximate surface area is 96.2 Å². The van der Waals surface area contributed by atoms with E-state index in [1.165, 1.54) is 0 Å². The fourth-order valence-electron chi connectivity index (χ4n) is 1.51. The van der Waals surface area contributed by atoms with Gasteiger partial charge in [-0.15, -0.1) is 0 Å². The number of carboxylic acids is 1. The average Bonchev–Trinajstić information content (AvgIpc) is 1.98. The molecule has 0 heterocycles. The van der Waals surface area contributed by atoms with Gasteiger partial charge in [0.05, 0.1) is 12.1 Å². The Kier molecular flexibility index (Phi) is 6.03. The molecule has 0 fully saturated rings. The maximum Gasteiger partial charge on any atom is 0.303 e. The summed E-state index contributed by atoms with van der Waals surface area (Å²) in [6.45, 7) is 5.88. The Morgan fingerprint density at radius 1 is 1.38 bits per heavy atom. The lowest BCUT2D eigenvalue weighted by Gasteiger charge is -2.25. The number of ether oxygens (including phenoxy) is 1. The molecule has 0 radical (unpaired) electrons. The zero-order chi connectivity index (χ0) is 12.8. The maximum absolute atomic E-state index is 11.6. The number of amides is 1. The topological polar surface area (TPSA) is 75.6 Å². The SMILES string of the molecule is COCC(C)(C)NC(=O)CC(C)CC(=O)O. The summed E-state index contributed by atoms with van der Waals surface area (Å²) in [4.78, 5) is 22.0. The van der Waals surface area contributed by atoms with Gasteiger partial charge in [-0.2, -0.15) is 0 Å². The van der Waals surface area contributed by atoms with Gasteiger partial charge >= 0.3 is 5.97 Å². The van der Waals surface area contributed by atoms with Crippen molar-refractivity contribution in [2.75, 3.05) is 13.7 Å². The summed E-state index contributed by atoms with van der Waals surface area (Å²) in [6.07, 6.45) is 0.234. The Morgan fingerprint density at radius 3 is 2.38 bits per heavy atom. The predicted molar refractivity (Wildman–Crippen MR) is 60.1 cm³/mol. The molecular weight excluding hydrogens is 210 g/mol. The Bertz CT molecular complexity index is 250. The van der Waals surface area contributed by atoms with Crippen LogP contribution in [0.3, 0.4) is 0 Å². The monoisotopic (exact) mass is 231 g/mol. The minimum Gasteiger partial charge on any atom is -0.481 e. The Balaban J connectivity index is 4.03. The highest BCUT2D eigenvalue weighted by Gasteiger charge is 2.21. The zero-order valence-electron chi connectivity index (χ0n) is 10.4. The third-order valence-electron chi connectivity index (χ3n) is 2.04. The van der Waals surface area contributed by atoms with E-state index in [0.717, 1.165) is 0 Å². The number of nitrogens with one attached hydrogen (secondary N) is 1. The van der Waals surface area contributed by atoms with Crippen molar-refractivity contribution in [3.05, 3.63) is 0 Å². The molecule has 0 aliphatic rings. The highest BCUT2D eigenvalue weighted by Crippen LogP contribution is 2.09. The summed E-state index contributed by atoms with van der Waals surface area (Å²) >= 11 is 0. The Hall–Kier alpha value is -1.10. The van der Waals surface area contributed by atoms with Crippen molar-refractivity contribution in [2.24, 2.45) is 5.92 Å². The highest BCUT2D eigenvalue weighted by atomic mass is 16.5. The molecule has 0 saturated heterocycles. The van der Waals surface area contributed by atoms with Crippen LogP contribution in [0.2, 0.25) is 0 Å². The van der Waals surface area contributed by atoms with E-state index in [9.17, 15) is 9.59 Å². The van der Waals surface area contributed by atoms with Crippen LogP contribution in [0.1, 0.15) is 33.6 Å². The number of carbonyl (C=O) groups is 2. The lowest BCUT2D eigenvalue weighted by molar-refractivity contribution is -0.138. The quantitative estimate of drug-likeness (QED) is 0.686. The summed E-state index contributed by atoms with van der Waals surface area (Å²) in [5.41, 5.74) is -0.422. The first-order chi connectivity index (χ1) is 7.26. The van der Waals surface area contributed by atoms with E-state index in [4.69, 9.17) is 9.84 Å². The number of hydrogen-bond donors (Lipinski definition) is 2. The van der Waals surface area contributed by atoms with Crippen LogP contribution in [0, 0.1) is 5.92 Å². The molecule has 0 spiro atoms. The van der Waals surface area contributed by atoms with Crippen molar-refractivity contribution >= 4 is 11.9 Å². The predicted octanol–water partition coefficient (Wildman–Crippen LogP) is 1.03. The van der Waals surface area contributed by atoms with E-state index in [0.29, 0.717) is 6.61 Å². The summed E-state index contributed by atoms with van der Waals surface area (Å²) in [5, 5.41) is 11.4. The van der Waals surface area contributed by atoms with Gasteiger partial charge in [-0.1, -0.05) is 6.92 Å². The number of aliphatic carboxylic acids is 1. The van der Waals surface area contributed by atoms with E-state index >= 15 is 0 Å². The molecule has 0 saturated carbocycles. The fourth-order valence-corrected chi connectivity index (χ4v) is 1.51. The van der Waals surface area contributed by atoms with E-state index in [1.807, 2.05) is 13.8 Å². The van der Waals surface area contributed by atoms with Crippen molar-refractivity contribution in [1.29, 1.82) is 0 Å². The number of hydrogen-bond acceptors (Lipinski definition) is 3. The molecule has 0 aliphatic carbocycles. The van der Waals surface area contributed by atoms with Gasteiger partial charge in [0, 0.05) is 20.0 Å². The molecule has 1 atom stereocenters. The van der Waals surface area contributed by atoms with Crippen LogP contribution in [-0.4, -0.2) is 36.2 Å². The summed E-state index contributed by atoms with van der Waals surface area (Å²) in [5.74, 6) is -1.18. The van der Waals surface area contributed by atoms with Crippen molar-refractivity contribution < 1.29 is 19.4 Å². The molecule has 1 amide bonds. The zero-order valence-corrected chi connectivity index (χ0v) is 10.4. The third kappa shape index (κ3) is 7.23.